The first-order valence-electron chi connectivity index (χ1n) is 8.86. The van der Waals surface area contributed by atoms with E-state index in [9.17, 15) is 14.7 Å². The van der Waals surface area contributed by atoms with Gasteiger partial charge in [0.2, 0.25) is 11.8 Å². The van der Waals surface area contributed by atoms with Crippen molar-refractivity contribution in [3.8, 4) is 0 Å². The number of aryl methyl sites for hydroxylation is 2. The zero-order valence-electron chi connectivity index (χ0n) is 15.0. The maximum Gasteiger partial charge on any atom is 0.330 e. The maximum atomic E-state index is 12.2. The number of hydrogen-bond acceptors (Lipinski definition) is 5. The van der Waals surface area contributed by atoms with Crippen LogP contribution in [0.2, 0.25) is 0 Å². The molecule has 1 aliphatic rings. The van der Waals surface area contributed by atoms with Crippen LogP contribution in [0.1, 0.15) is 66.0 Å². The highest BCUT2D eigenvalue weighted by molar-refractivity contribution is 5.84. The predicted octanol–water partition coefficient (Wildman–Crippen LogP) is 2.83. The number of aliphatic carboxylic acids is 1. The number of carboxylic acid groups (broad SMARTS) is 1. The Morgan fingerprint density at radius 3 is 2.81 bits per heavy atom. The van der Waals surface area contributed by atoms with Gasteiger partial charge in [-0.2, -0.15) is 4.98 Å². The molecule has 2 N–H and O–H groups in total. The number of rotatable bonds is 8. The van der Waals surface area contributed by atoms with Crippen molar-refractivity contribution >= 4 is 11.9 Å². The van der Waals surface area contributed by atoms with Gasteiger partial charge in [0.1, 0.15) is 0 Å². The standard InChI is InChI=1S/C19H23N3O4/c1-11-5-3-6-14(12(11)2)17(19(24)25)20-15(23)7-4-8-16-21-18(22-26-16)13-9-10-13/h3,5-6,13,17H,4,7-10H2,1-2H3,(H,20,23)(H,24,25). The van der Waals surface area contributed by atoms with Gasteiger partial charge in [0.05, 0.1) is 0 Å². The lowest BCUT2D eigenvalue weighted by atomic mass is 9.97. The van der Waals surface area contributed by atoms with E-state index in [1.165, 1.54) is 0 Å². The van der Waals surface area contributed by atoms with E-state index in [1.54, 1.807) is 12.1 Å². The van der Waals surface area contributed by atoms with Crippen molar-refractivity contribution in [2.45, 2.75) is 57.9 Å². The van der Waals surface area contributed by atoms with E-state index in [-0.39, 0.29) is 12.3 Å². The highest BCUT2D eigenvalue weighted by atomic mass is 16.5. The Kier molecular flexibility index (Phi) is 5.35. The van der Waals surface area contributed by atoms with Crippen molar-refractivity contribution < 1.29 is 19.2 Å². The lowest BCUT2D eigenvalue weighted by Crippen LogP contribution is -2.34. The number of carboxylic acids is 1. The summed E-state index contributed by atoms with van der Waals surface area (Å²) in [5.74, 6) is 0.345. The van der Waals surface area contributed by atoms with E-state index < -0.39 is 12.0 Å². The molecule has 1 heterocycles. The Bertz CT molecular complexity index is 811. The van der Waals surface area contributed by atoms with Crippen molar-refractivity contribution in [3.63, 3.8) is 0 Å². The van der Waals surface area contributed by atoms with Gasteiger partial charge in [-0.15, -0.1) is 0 Å². The summed E-state index contributed by atoms with van der Waals surface area (Å²) in [6, 6.07) is 4.40. The van der Waals surface area contributed by atoms with Crippen LogP contribution >= 0.6 is 0 Å². The molecule has 1 aromatic heterocycles. The van der Waals surface area contributed by atoms with Crippen LogP contribution in [0.3, 0.4) is 0 Å². The van der Waals surface area contributed by atoms with E-state index in [0.29, 0.717) is 30.2 Å². The molecule has 0 spiro atoms. The fraction of sp³-hybridized carbons (Fsp3) is 0.474. The Morgan fingerprint density at radius 2 is 2.12 bits per heavy atom. The zero-order chi connectivity index (χ0) is 18.7. The van der Waals surface area contributed by atoms with Crippen molar-refractivity contribution in [1.82, 2.24) is 15.5 Å². The minimum Gasteiger partial charge on any atom is -0.479 e. The Hall–Kier alpha value is -2.70. The third-order valence-electron chi connectivity index (χ3n) is 4.73. The third kappa shape index (κ3) is 4.28. The highest BCUT2D eigenvalue weighted by Gasteiger charge is 2.28. The molecule has 1 atom stereocenters. The van der Waals surface area contributed by atoms with Gasteiger partial charge >= 0.3 is 5.97 Å². The van der Waals surface area contributed by atoms with Crippen molar-refractivity contribution in [2.24, 2.45) is 0 Å². The van der Waals surface area contributed by atoms with Crippen LogP contribution in [0.5, 0.6) is 0 Å². The highest BCUT2D eigenvalue weighted by Crippen LogP contribution is 2.38. The summed E-state index contributed by atoms with van der Waals surface area (Å²) >= 11 is 0. The van der Waals surface area contributed by atoms with E-state index in [4.69, 9.17) is 4.52 Å². The minimum atomic E-state index is -1.07. The molecule has 1 fully saturated rings. The van der Waals surface area contributed by atoms with E-state index in [2.05, 4.69) is 15.5 Å². The molecule has 0 bridgehead atoms. The van der Waals surface area contributed by atoms with Crippen LogP contribution < -0.4 is 5.32 Å². The van der Waals surface area contributed by atoms with E-state index >= 15 is 0 Å². The second-order valence-corrected chi connectivity index (χ2v) is 6.80. The number of benzene rings is 1. The average Bonchev–Trinajstić information content (AvgIpc) is 3.35. The SMILES string of the molecule is Cc1cccc(C(NC(=O)CCCc2nc(C3CC3)no2)C(=O)O)c1C. The number of hydrogen-bond donors (Lipinski definition) is 2. The van der Waals surface area contributed by atoms with Crippen molar-refractivity contribution in [1.29, 1.82) is 0 Å². The summed E-state index contributed by atoms with van der Waals surface area (Å²) in [7, 11) is 0. The zero-order valence-corrected chi connectivity index (χ0v) is 15.0. The van der Waals surface area contributed by atoms with E-state index in [0.717, 1.165) is 29.8 Å². The lowest BCUT2D eigenvalue weighted by Gasteiger charge is -2.18. The first-order chi connectivity index (χ1) is 12.5. The van der Waals surface area contributed by atoms with Gasteiger partial charge in [-0.1, -0.05) is 23.4 Å². The van der Waals surface area contributed by atoms with Gasteiger partial charge in [-0.3, -0.25) is 4.79 Å². The molecule has 3 rings (SSSR count). The van der Waals surface area contributed by atoms with Crippen LogP contribution in [0.25, 0.3) is 0 Å². The van der Waals surface area contributed by atoms with Crippen molar-refractivity contribution in [3.05, 3.63) is 46.6 Å². The van der Waals surface area contributed by atoms with E-state index in [1.807, 2.05) is 19.9 Å². The summed E-state index contributed by atoms with van der Waals surface area (Å²) in [5.41, 5.74) is 2.47. The monoisotopic (exact) mass is 357 g/mol. The predicted molar refractivity (Wildman–Crippen MR) is 93.6 cm³/mol. The second kappa shape index (κ2) is 7.68. The summed E-state index contributed by atoms with van der Waals surface area (Å²) in [6.45, 7) is 3.78. The molecule has 0 saturated heterocycles. The molecule has 0 aliphatic heterocycles. The molecule has 26 heavy (non-hydrogen) atoms. The number of aromatic nitrogens is 2. The molecule has 1 saturated carbocycles. The Balaban J connectivity index is 1.54. The Morgan fingerprint density at radius 1 is 1.35 bits per heavy atom. The molecular formula is C19H23N3O4. The quantitative estimate of drug-likeness (QED) is 0.752. The van der Waals surface area contributed by atoms with Crippen LogP contribution in [0.4, 0.5) is 0 Å². The molecule has 1 unspecified atom stereocenters. The number of carbonyl (C=O) groups is 2. The van der Waals surface area contributed by atoms with Gasteiger partial charge in [0.15, 0.2) is 11.9 Å². The largest absolute Gasteiger partial charge is 0.479 e. The van der Waals surface area contributed by atoms with Gasteiger partial charge in [0.25, 0.3) is 0 Å². The molecule has 7 heteroatoms. The average molecular weight is 357 g/mol. The molecule has 138 valence electrons. The fourth-order valence-electron chi connectivity index (χ4n) is 2.87. The summed E-state index contributed by atoms with van der Waals surface area (Å²) < 4.78 is 5.18. The van der Waals surface area contributed by atoms with Gasteiger partial charge < -0.3 is 14.9 Å². The van der Waals surface area contributed by atoms with Crippen LogP contribution in [0.15, 0.2) is 22.7 Å². The molecular weight excluding hydrogens is 334 g/mol. The topological polar surface area (TPSA) is 105 Å². The minimum absolute atomic E-state index is 0.204. The third-order valence-corrected chi connectivity index (χ3v) is 4.73. The fourth-order valence-corrected chi connectivity index (χ4v) is 2.87. The molecule has 7 nitrogen and oxygen atoms in total. The number of nitrogens with one attached hydrogen (secondary N) is 1. The molecule has 1 aromatic carbocycles. The first kappa shape index (κ1) is 18.1. The summed E-state index contributed by atoms with van der Waals surface area (Å²) in [5, 5.41) is 16.1. The number of amides is 1. The summed E-state index contributed by atoms with van der Waals surface area (Å²) in [6.07, 6.45) is 3.45. The van der Waals surface area contributed by atoms with Gasteiger partial charge in [-0.25, -0.2) is 4.79 Å². The Labute approximate surface area is 151 Å². The number of carbonyl (C=O) groups excluding carboxylic acids is 1. The van der Waals surface area contributed by atoms with Gasteiger partial charge in [-0.05, 0) is 49.8 Å². The molecule has 2 aromatic rings. The maximum absolute atomic E-state index is 12.2. The van der Waals surface area contributed by atoms with Crippen molar-refractivity contribution in [2.75, 3.05) is 0 Å². The second-order valence-electron chi connectivity index (χ2n) is 6.80. The van der Waals surface area contributed by atoms with Gasteiger partial charge in [0, 0.05) is 18.8 Å². The summed E-state index contributed by atoms with van der Waals surface area (Å²) in [4.78, 5) is 28.1. The van der Waals surface area contributed by atoms with Crippen LogP contribution in [-0.2, 0) is 16.0 Å². The lowest BCUT2D eigenvalue weighted by molar-refractivity contribution is -0.142. The number of nitrogens with zero attached hydrogens (tertiary/aromatic N) is 2. The molecule has 1 aliphatic carbocycles. The molecule has 1 amide bonds. The normalized spacial score (nSPS) is 14.8. The first-order valence-corrected chi connectivity index (χ1v) is 8.86. The smallest absolute Gasteiger partial charge is 0.330 e. The molecule has 0 radical (unpaired) electrons. The van der Waals surface area contributed by atoms with Crippen LogP contribution in [0, 0.1) is 13.8 Å². The van der Waals surface area contributed by atoms with Crippen LogP contribution in [-0.4, -0.2) is 27.1 Å².